The lowest BCUT2D eigenvalue weighted by Crippen LogP contribution is -2.23. The molecule has 0 atom stereocenters. The maximum atomic E-state index is 13.2. The van der Waals surface area contributed by atoms with Crippen molar-refractivity contribution in [3.05, 3.63) is 35.1 Å². The smallest absolute Gasteiger partial charge is 0.254 e. The molecule has 0 spiro atoms. The summed E-state index contributed by atoms with van der Waals surface area (Å²) in [5, 5.41) is 11.0. The predicted octanol–water partition coefficient (Wildman–Crippen LogP) is 1.45. The van der Waals surface area contributed by atoms with Crippen LogP contribution in [0.15, 0.2) is 18.2 Å². The lowest BCUT2D eigenvalue weighted by atomic mass is 10.1. The van der Waals surface area contributed by atoms with Gasteiger partial charge >= 0.3 is 0 Å². The zero-order valence-corrected chi connectivity index (χ0v) is 7.67. The molecule has 14 heavy (non-hydrogen) atoms. The molecule has 0 radical (unpaired) electrons. The minimum absolute atomic E-state index is 0.0362. The normalized spacial score (nSPS) is 9.21. The number of rotatable bonds is 2. The second-order valence-electron chi connectivity index (χ2n) is 2.67. The van der Waals surface area contributed by atoms with Crippen molar-refractivity contribution in [3.8, 4) is 6.07 Å². The van der Waals surface area contributed by atoms with Crippen molar-refractivity contribution in [2.45, 2.75) is 6.92 Å². The Morgan fingerprint density at radius 3 is 2.86 bits per heavy atom. The van der Waals surface area contributed by atoms with Crippen molar-refractivity contribution < 1.29 is 9.18 Å². The fourth-order valence-corrected chi connectivity index (χ4v) is 1.02. The van der Waals surface area contributed by atoms with Crippen molar-refractivity contribution in [1.29, 1.82) is 5.26 Å². The molecule has 0 aliphatic carbocycles. The fourth-order valence-electron chi connectivity index (χ4n) is 1.02. The van der Waals surface area contributed by atoms with Crippen LogP contribution in [0.5, 0.6) is 0 Å². The molecule has 3 nitrogen and oxygen atoms in total. The van der Waals surface area contributed by atoms with Crippen LogP contribution in [0.2, 0.25) is 0 Å². The Morgan fingerprint density at radius 2 is 2.36 bits per heavy atom. The maximum Gasteiger partial charge on any atom is 0.254 e. The van der Waals surface area contributed by atoms with Crippen molar-refractivity contribution in [2.24, 2.45) is 0 Å². The van der Waals surface area contributed by atoms with E-state index in [4.69, 9.17) is 5.26 Å². The molecule has 4 heteroatoms. The van der Waals surface area contributed by atoms with Crippen molar-refractivity contribution in [3.63, 3.8) is 0 Å². The number of benzene rings is 1. The molecule has 72 valence electrons. The summed E-state index contributed by atoms with van der Waals surface area (Å²) in [6.45, 7) is 2.19. The van der Waals surface area contributed by atoms with Crippen LogP contribution in [-0.2, 0) is 0 Å². The summed E-state index contributed by atoms with van der Waals surface area (Å²) in [5.74, 6) is -1.13. The molecular formula is C10H9FN2O. The third-order valence-electron chi connectivity index (χ3n) is 1.68. The minimum atomic E-state index is -0.671. The number of hydrogen-bond donors (Lipinski definition) is 1. The van der Waals surface area contributed by atoms with Crippen LogP contribution in [0.25, 0.3) is 0 Å². The van der Waals surface area contributed by atoms with E-state index in [-0.39, 0.29) is 11.1 Å². The maximum absolute atomic E-state index is 13.2. The third kappa shape index (κ3) is 2.07. The molecule has 1 rings (SSSR count). The van der Waals surface area contributed by atoms with Gasteiger partial charge in [0.05, 0.1) is 17.2 Å². The van der Waals surface area contributed by atoms with Crippen LogP contribution in [0.4, 0.5) is 4.39 Å². The number of carbonyl (C=O) groups excluding carboxylic acids is 1. The topological polar surface area (TPSA) is 52.9 Å². The van der Waals surface area contributed by atoms with E-state index in [2.05, 4.69) is 5.32 Å². The molecular weight excluding hydrogens is 183 g/mol. The zero-order valence-electron chi connectivity index (χ0n) is 7.67. The highest BCUT2D eigenvalue weighted by Gasteiger charge is 2.10. The first-order valence-electron chi connectivity index (χ1n) is 4.17. The molecule has 0 saturated carbocycles. The van der Waals surface area contributed by atoms with Gasteiger partial charge < -0.3 is 5.32 Å². The van der Waals surface area contributed by atoms with Crippen LogP contribution in [0, 0.1) is 17.1 Å². The van der Waals surface area contributed by atoms with Gasteiger partial charge in [0.2, 0.25) is 0 Å². The molecule has 0 unspecified atom stereocenters. The summed E-state index contributed by atoms with van der Waals surface area (Å²) >= 11 is 0. The summed E-state index contributed by atoms with van der Waals surface area (Å²) in [5.41, 5.74) is 0.168. The van der Waals surface area contributed by atoms with E-state index in [1.807, 2.05) is 0 Å². The molecule has 1 amide bonds. The molecule has 1 aromatic rings. The van der Waals surface area contributed by atoms with E-state index < -0.39 is 11.7 Å². The Hall–Kier alpha value is -1.89. The number of nitrogens with zero attached hydrogens (tertiary/aromatic N) is 1. The first-order valence-corrected chi connectivity index (χ1v) is 4.17. The monoisotopic (exact) mass is 192 g/mol. The van der Waals surface area contributed by atoms with Gasteiger partial charge in [-0.15, -0.1) is 0 Å². The molecule has 1 aromatic carbocycles. The number of carbonyl (C=O) groups is 1. The Balaban J connectivity index is 3.01. The van der Waals surface area contributed by atoms with Gasteiger partial charge in [0.1, 0.15) is 5.82 Å². The van der Waals surface area contributed by atoms with Gasteiger partial charge in [-0.2, -0.15) is 5.26 Å². The number of halogens is 1. The second kappa shape index (κ2) is 4.38. The first-order chi connectivity index (χ1) is 6.69. The number of nitrogens with one attached hydrogen (secondary N) is 1. The van der Waals surface area contributed by atoms with E-state index in [0.29, 0.717) is 6.54 Å². The van der Waals surface area contributed by atoms with Crippen LogP contribution >= 0.6 is 0 Å². The van der Waals surface area contributed by atoms with E-state index in [9.17, 15) is 9.18 Å². The van der Waals surface area contributed by atoms with Crippen LogP contribution in [0.3, 0.4) is 0 Å². The summed E-state index contributed by atoms with van der Waals surface area (Å²) in [4.78, 5) is 11.2. The van der Waals surface area contributed by atoms with E-state index in [0.717, 1.165) is 6.07 Å². The van der Waals surface area contributed by atoms with Crippen LogP contribution in [0.1, 0.15) is 22.8 Å². The molecule has 0 fully saturated rings. The number of nitriles is 1. The first kappa shape index (κ1) is 10.2. The van der Waals surface area contributed by atoms with Crippen molar-refractivity contribution >= 4 is 5.91 Å². The lowest BCUT2D eigenvalue weighted by molar-refractivity contribution is 0.0952. The summed E-state index contributed by atoms with van der Waals surface area (Å²) in [6, 6.07) is 5.56. The zero-order chi connectivity index (χ0) is 10.6. The highest BCUT2D eigenvalue weighted by atomic mass is 19.1. The Morgan fingerprint density at radius 1 is 1.64 bits per heavy atom. The molecule has 1 N–H and O–H groups in total. The van der Waals surface area contributed by atoms with Gasteiger partial charge in [-0.3, -0.25) is 4.79 Å². The van der Waals surface area contributed by atoms with Gasteiger partial charge in [-0.1, -0.05) is 0 Å². The Kier molecular flexibility index (Phi) is 3.19. The van der Waals surface area contributed by atoms with Gasteiger partial charge in [-0.05, 0) is 25.1 Å². The van der Waals surface area contributed by atoms with Gasteiger partial charge in [-0.25, -0.2) is 4.39 Å². The highest BCUT2D eigenvalue weighted by Crippen LogP contribution is 2.09. The molecule has 0 saturated heterocycles. The molecule has 0 aliphatic rings. The fraction of sp³-hybridized carbons (Fsp3) is 0.200. The van der Waals surface area contributed by atoms with E-state index in [1.165, 1.54) is 12.1 Å². The summed E-state index contributed by atoms with van der Waals surface area (Å²) in [7, 11) is 0. The Bertz CT molecular complexity index is 396. The average Bonchev–Trinajstić information content (AvgIpc) is 2.17. The standard InChI is InChI=1S/C10H9FN2O/c1-2-13-10(14)8-4-3-7(6-12)5-9(8)11/h3-5H,2H2,1H3,(H,13,14). The molecule has 0 heterocycles. The molecule has 0 aliphatic heterocycles. The van der Waals surface area contributed by atoms with Gasteiger partial charge in [0.25, 0.3) is 5.91 Å². The van der Waals surface area contributed by atoms with E-state index >= 15 is 0 Å². The highest BCUT2D eigenvalue weighted by molar-refractivity contribution is 5.94. The van der Waals surface area contributed by atoms with Crippen molar-refractivity contribution in [2.75, 3.05) is 6.54 Å². The molecule has 0 aromatic heterocycles. The van der Waals surface area contributed by atoms with Gasteiger partial charge in [0, 0.05) is 6.54 Å². The predicted molar refractivity (Wildman–Crippen MR) is 49.1 cm³/mol. The van der Waals surface area contributed by atoms with Crippen LogP contribution < -0.4 is 5.32 Å². The van der Waals surface area contributed by atoms with Gasteiger partial charge in [0.15, 0.2) is 0 Å². The Labute approximate surface area is 81.2 Å². The number of amides is 1. The molecule has 0 bridgehead atoms. The summed E-state index contributed by atoms with van der Waals surface area (Å²) in [6.07, 6.45) is 0. The van der Waals surface area contributed by atoms with Crippen LogP contribution in [-0.4, -0.2) is 12.5 Å². The second-order valence-corrected chi connectivity index (χ2v) is 2.67. The summed E-state index contributed by atoms with van der Waals surface area (Å²) < 4.78 is 13.2. The SMILES string of the molecule is CCNC(=O)c1ccc(C#N)cc1F. The lowest BCUT2D eigenvalue weighted by Gasteiger charge is -2.02. The quantitative estimate of drug-likeness (QED) is 0.770. The average molecular weight is 192 g/mol. The third-order valence-corrected chi connectivity index (χ3v) is 1.68. The largest absolute Gasteiger partial charge is 0.352 e. The minimum Gasteiger partial charge on any atom is -0.352 e. The van der Waals surface area contributed by atoms with E-state index in [1.54, 1.807) is 13.0 Å². The van der Waals surface area contributed by atoms with Crippen molar-refractivity contribution in [1.82, 2.24) is 5.32 Å². The number of hydrogen-bond acceptors (Lipinski definition) is 2.